The van der Waals surface area contributed by atoms with E-state index in [-0.39, 0.29) is 28.7 Å². The minimum atomic E-state index is -4.59. The number of halogens is 3. The van der Waals surface area contributed by atoms with Crippen molar-refractivity contribution in [3.63, 3.8) is 0 Å². The molecule has 1 aromatic carbocycles. The summed E-state index contributed by atoms with van der Waals surface area (Å²) in [5.74, 6) is 0.462. The third-order valence-electron chi connectivity index (χ3n) is 5.01. The number of hydrogen-bond donors (Lipinski definition) is 1. The number of nitrogens with zero attached hydrogens (tertiary/aromatic N) is 3. The third-order valence-corrected chi connectivity index (χ3v) is 5.01. The number of pyridine rings is 1. The summed E-state index contributed by atoms with van der Waals surface area (Å²) in [6.07, 6.45) is -3.49. The fourth-order valence-corrected chi connectivity index (χ4v) is 3.68. The van der Waals surface area contributed by atoms with Gasteiger partial charge in [0.15, 0.2) is 11.5 Å². The Kier molecular flexibility index (Phi) is 6.06. The standard InChI is InChI=1S/C19H16F3N3O.H3NO2S/c1-18(2)13(11-7-4-3-5-8-11)14(18)16-24-17(26-25-16)12-9-6-10-23-15(12)19(20,21)22;1-4(2)3/h3-10,13-14H,1-2H3;1H2,(H,2,3)/p-1/t13-,14+;/m0./s1. The number of benzene rings is 1. The quantitative estimate of drug-likeness (QED) is 0.620. The van der Waals surface area contributed by atoms with E-state index < -0.39 is 23.1 Å². The zero-order valence-corrected chi connectivity index (χ0v) is 16.8. The average molecular weight is 439 g/mol. The molecular weight excluding hydrogens is 421 g/mol. The first-order valence-corrected chi connectivity index (χ1v) is 9.92. The molecule has 0 aliphatic heterocycles. The SMILES string of the molecule is CC1(C)[C@@H](c2ccccc2)[C@@H]1c1noc(-c2cccnc2C(F)(F)F)n1.NS(=O)[O-]. The largest absolute Gasteiger partial charge is 0.760 e. The molecule has 0 bridgehead atoms. The molecule has 1 saturated carbocycles. The van der Waals surface area contributed by atoms with E-state index in [1.807, 2.05) is 30.3 Å². The van der Waals surface area contributed by atoms with Crippen LogP contribution in [0, 0.1) is 5.41 Å². The highest BCUT2D eigenvalue weighted by molar-refractivity contribution is 7.76. The van der Waals surface area contributed by atoms with E-state index >= 15 is 0 Å². The molecule has 4 rings (SSSR count). The summed E-state index contributed by atoms with van der Waals surface area (Å²) >= 11 is -2.36. The van der Waals surface area contributed by atoms with E-state index in [4.69, 9.17) is 13.3 Å². The summed E-state index contributed by atoms with van der Waals surface area (Å²) in [6.45, 7) is 4.19. The van der Waals surface area contributed by atoms with Gasteiger partial charge in [0.1, 0.15) is 0 Å². The van der Waals surface area contributed by atoms with Crippen molar-refractivity contribution in [2.24, 2.45) is 10.6 Å². The Balaban J connectivity index is 0.000000589. The van der Waals surface area contributed by atoms with E-state index in [2.05, 4.69) is 34.1 Å². The monoisotopic (exact) mass is 439 g/mol. The minimum Gasteiger partial charge on any atom is -0.760 e. The summed E-state index contributed by atoms with van der Waals surface area (Å²) in [7, 11) is 0. The molecule has 2 aromatic heterocycles. The van der Waals surface area contributed by atoms with Crippen LogP contribution < -0.4 is 5.14 Å². The second kappa shape index (κ2) is 8.25. The van der Waals surface area contributed by atoms with Crippen molar-refractivity contribution in [2.45, 2.75) is 31.9 Å². The van der Waals surface area contributed by atoms with Crippen molar-refractivity contribution in [1.82, 2.24) is 15.1 Å². The van der Waals surface area contributed by atoms with Gasteiger partial charge in [-0.2, -0.15) is 18.2 Å². The van der Waals surface area contributed by atoms with E-state index in [0.717, 1.165) is 11.8 Å². The molecule has 11 heteroatoms. The molecule has 0 radical (unpaired) electrons. The summed E-state index contributed by atoms with van der Waals surface area (Å²) < 4.78 is 62.2. The molecule has 2 N–H and O–H groups in total. The predicted molar refractivity (Wildman–Crippen MR) is 101 cm³/mol. The first-order chi connectivity index (χ1) is 14.0. The van der Waals surface area contributed by atoms with Crippen molar-refractivity contribution >= 4 is 11.3 Å². The minimum absolute atomic E-state index is 0.00610. The lowest BCUT2D eigenvalue weighted by Crippen LogP contribution is -2.09. The molecule has 1 fully saturated rings. The van der Waals surface area contributed by atoms with E-state index in [1.165, 1.54) is 12.1 Å². The Bertz CT molecular complexity index is 1040. The molecule has 0 amide bonds. The van der Waals surface area contributed by atoms with Crippen LogP contribution in [-0.2, 0) is 17.4 Å². The van der Waals surface area contributed by atoms with Crippen LogP contribution in [0.2, 0.25) is 0 Å². The maximum absolute atomic E-state index is 13.2. The molecule has 30 heavy (non-hydrogen) atoms. The van der Waals surface area contributed by atoms with Crippen LogP contribution >= 0.6 is 0 Å². The van der Waals surface area contributed by atoms with E-state index in [0.29, 0.717) is 5.82 Å². The maximum atomic E-state index is 13.2. The maximum Gasteiger partial charge on any atom is 0.434 e. The highest BCUT2D eigenvalue weighted by atomic mass is 32.2. The van der Waals surface area contributed by atoms with Crippen LogP contribution in [0.15, 0.2) is 53.2 Å². The summed E-state index contributed by atoms with van der Waals surface area (Å²) in [5.41, 5.74) is -0.158. The molecular formula is C19H18F3N4O3S-. The van der Waals surface area contributed by atoms with Crippen LogP contribution in [-0.4, -0.2) is 23.9 Å². The van der Waals surface area contributed by atoms with Crippen LogP contribution in [0.3, 0.4) is 0 Å². The van der Waals surface area contributed by atoms with Crippen molar-refractivity contribution in [3.05, 3.63) is 65.7 Å². The molecule has 2 heterocycles. The zero-order chi connectivity index (χ0) is 22.1. The third kappa shape index (κ3) is 4.58. The molecule has 160 valence electrons. The molecule has 1 aliphatic rings. The van der Waals surface area contributed by atoms with Gasteiger partial charge in [-0.05, 0) is 23.1 Å². The first kappa shape index (κ1) is 22.1. The molecule has 1 unspecified atom stereocenters. The lowest BCUT2D eigenvalue weighted by Gasteiger charge is -2.07. The summed E-state index contributed by atoms with van der Waals surface area (Å²) in [4.78, 5) is 7.70. The fraction of sp³-hybridized carbons (Fsp3) is 0.316. The van der Waals surface area contributed by atoms with Gasteiger partial charge in [0.2, 0.25) is 0 Å². The highest BCUT2D eigenvalue weighted by Crippen LogP contribution is 2.69. The van der Waals surface area contributed by atoms with Gasteiger partial charge in [-0.25, -0.2) is 0 Å². The molecule has 0 spiro atoms. The summed E-state index contributed by atoms with van der Waals surface area (Å²) in [5, 5.41) is 8.00. The van der Waals surface area contributed by atoms with Crippen molar-refractivity contribution in [2.75, 3.05) is 0 Å². The van der Waals surface area contributed by atoms with E-state index in [1.54, 1.807) is 0 Å². The zero-order valence-electron chi connectivity index (χ0n) is 16.0. The normalized spacial score (nSPS) is 20.8. The van der Waals surface area contributed by atoms with Gasteiger partial charge < -0.3 is 9.08 Å². The number of rotatable bonds is 3. The van der Waals surface area contributed by atoms with Gasteiger partial charge in [-0.3, -0.25) is 14.3 Å². The lowest BCUT2D eigenvalue weighted by atomic mass is 10.0. The molecule has 3 atom stereocenters. The van der Waals surface area contributed by atoms with Crippen LogP contribution in [0.4, 0.5) is 13.2 Å². The first-order valence-electron chi connectivity index (χ1n) is 8.78. The second-order valence-corrected chi connectivity index (χ2v) is 7.82. The van der Waals surface area contributed by atoms with Gasteiger partial charge in [0.25, 0.3) is 5.89 Å². The van der Waals surface area contributed by atoms with Crippen molar-refractivity contribution < 1.29 is 26.5 Å². The fourth-order valence-electron chi connectivity index (χ4n) is 3.68. The Morgan fingerprint density at radius 1 is 1.13 bits per heavy atom. The van der Waals surface area contributed by atoms with Crippen molar-refractivity contribution in [3.8, 4) is 11.5 Å². The Morgan fingerprint density at radius 3 is 2.37 bits per heavy atom. The smallest absolute Gasteiger partial charge is 0.434 e. The molecule has 1 aliphatic carbocycles. The Morgan fingerprint density at radius 2 is 1.77 bits per heavy atom. The van der Waals surface area contributed by atoms with Crippen LogP contribution in [0.25, 0.3) is 11.5 Å². The van der Waals surface area contributed by atoms with Gasteiger partial charge in [0, 0.05) is 29.3 Å². The van der Waals surface area contributed by atoms with Gasteiger partial charge >= 0.3 is 6.18 Å². The van der Waals surface area contributed by atoms with Crippen LogP contribution in [0.5, 0.6) is 0 Å². The van der Waals surface area contributed by atoms with Gasteiger partial charge in [0.05, 0.1) is 5.56 Å². The van der Waals surface area contributed by atoms with E-state index in [9.17, 15) is 13.2 Å². The average Bonchev–Trinajstić information content (AvgIpc) is 3.01. The Hall–Kier alpha value is -2.63. The predicted octanol–water partition coefficient (Wildman–Crippen LogP) is 3.80. The number of alkyl halides is 3. The number of hydrogen-bond acceptors (Lipinski definition) is 6. The number of aromatic nitrogens is 3. The molecule has 3 aromatic rings. The topological polar surface area (TPSA) is 118 Å². The Labute approximate surface area is 172 Å². The van der Waals surface area contributed by atoms with Gasteiger partial charge in [-0.1, -0.05) is 49.3 Å². The molecule has 0 saturated heterocycles. The van der Waals surface area contributed by atoms with Crippen LogP contribution in [0.1, 0.15) is 42.8 Å². The second-order valence-electron chi connectivity index (χ2n) is 7.30. The lowest BCUT2D eigenvalue weighted by molar-refractivity contribution is -0.140. The van der Waals surface area contributed by atoms with Gasteiger partial charge in [-0.15, -0.1) is 0 Å². The summed E-state index contributed by atoms with van der Waals surface area (Å²) in [6, 6.07) is 12.7. The number of nitrogens with two attached hydrogens (primary N) is 1. The van der Waals surface area contributed by atoms with Crippen molar-refractivity contribution in [1.29, 1.82) is 0 Å². The molecule has 7 nitrogen and oxygen atoms in total. The highest BCUT2D eigenvalue weighted by Gasteiger charge is 2.61.